The van der Waals surface area contributed by atoms with Crippen LogP contribution in [0.3, 0.4) is 0 Å². The van der Waals surface area contributed by atoms with Crippen LogP contribution in [0, 0.1) is 0 Å². The van der Waals surface area contributed by atoms with Gasteiger partial charge in [0, 0.05) is 0 Å². The second kappa shape index (κ2) is 7.94. The summed E-state index contributed by atoms with van der Waals surface area (Å²) < 4.78 is 39.7. The zero-order valence-corrected chi connectivity index (χ0v) is 18.3. The van der Waals surface area contributed by atoms with Gasteiger partial charge in [0.15, 0.2) is 0 Å². The molecule has 0 amide bonds. The lowest BCUT2D eigenvalue weighted by atomic mass is 9.76. The number of hydrogen-bond donors (Lipinski definition) is 0. The van der Waals surface area contributed by atoms with Crippen molar-refractivity contribution in [3.05, 3.63) is 95.1 Å². The molecular formula is C27H29F3. The highest BCUT2D eigenvalue weighted by Gasteiger charge is 2.32. The molecule has 0 atom stereocenters. The summed E-state index contributed by atoms with van der Waals surface area (Å²) in [5.74, 6) is 0. The van der Waals surface area contributed by atoms with E-state index in [2.05, 4.69) is 51.1 Å². The van der Waals surface area contributed by atoms with Gasteiger partial charge in [-0.15, -0.1) is 0 Å². The van der Waals surface area contributed by atoms with Gasteiger partial charge in [-0.05, 0) is 51.1 Å². The largest absolute Gasteiger partial charge is 0.416 e. The van der Waals surface area contributed by atoms with Crippen LogP contribution in [-0.2, 0) is 23.4 Å². The van der Waals surface area contributed by atoms with Gasteiger partial charge in [-0.25, -0.2) is 0 Å². The smallest absolute Gasteiger partial charge is 0.166 e. The molecule has 3 heteroatoms. The van der Waals surface area contributed by atoms with Crippen molar-refractivity contribution in [1.82, 2.24) is 0 Å². The molecule has 0 bridgehead atoms. The Morgan fingerprint density at radius 1 is 0.633 bits per heavy atom. The molecule has 0 aliphatic rings. The normalized spacial score (nSPS) is 12.8. The highest BCUT2D eigenvalue weighted by atomic mass is 19.4. The van der Waals surface area contributed by atoms with Gasteiger partial charge in [-0.2, -0.15) is 13.2 Å². The Morgan fingerprint density at radius 2 is 1.27 bits per heavy atom. The fourth-order valence-corrected chi connectivity index (χ4v) is 3.78. The van der Waals surface area contributed by atoms with Crippen LogP contribution in [0.4, 0.5) is 13.2 Å². The van der Waals surface area contributed by atoms with Gasteiger partial charge in [0.2, 0.25) is 0 Å². The Labute approximate surface area is 177 Å². The highest BCUT2D eigenvalue weighted by Crippen LogP contribution is 2.37. The summed E-state index contributed by atoms with van der Waals surface area (Å²) in [6.45, 7) is 10.6. The van der Waals surface area contributed by atoms with Gasteiger partial charge >= 0.3 is 6.18 Å². The molecule has 30 heavy (non-hydrogen) atoms. The van der Waals surface area contributed by atoms with Crippen molar-refractivity contribution in [2.45, 2.75) is 58.0 Å². The maximum Gasteiger partial charge on any atom is 0.416 e. The predicted octanol–water partition coefficient (Wildman–Crippen LogP) is 8.19. The van der Waals surface area contributed by atoms with Gasteiger partial charge in [-0.3, -0.25) is 0 Å². The second-order valence-corrected chi connectivity index (χ2v) is 9.63. The molecule has 0 nitrogen and oxygen atoms in total. The molecule has 0 saturated carbocycles. The Hall–Kier alpha value is -2.55. The van der Waals surface area contributed by atoms with Crippen molar-refractivity contribution < 1.29 is 13.2 Å². The van der Waals surface area contributed by atoms with Gasteiger partial charge in [-0.1, -0.05) is 101 Å². The SMILES string of the molecule is CC(C)(C)c1ccc(CC(C)(C)c2cccc(C(F)(F)F)c2)c(-c2ccccc2)c1. The molecule has 0 unspecified atom stereocenters. The fourth-order valence-electron chi connectivity index (χ4n) is 3.78. The molecule has 0 radical (unpaired) electrons. The minimum Gasteiger partial charge on any atom is -0.166 e. The van der Waals surface area contributed by atoms with Gasteiger partial charge in [0.05, 0.1) is 5.56 Å². The van der Waals surface area contributed by atoms with Crippen LogP contribution in [0.25, 0.3) is 11.1 Å². The number of benzene rings is 3. The van der Waals surface area contributed by atoms with Crippen LogP contribution in [0.5, 0.6) is 0 Å². The van der Waals surface area contributed by atoms with E-state index in [-0.39, 0.29) is 5.41 Å². The van der Waals surface area contributed by atoms with Crippen molar-refractivity contribution >= 4 is 0 Å². The zero-order valence-electron chi connectivity index (χ0n) is 18.3. The summed E-state index contributed by atoms with van der Waals surface area (Å²) >= 11 is 0. The fraction of sp³-hybridized carbons (Fsp3) is 0.333. The van der Waals surface area contributed by atoms with Crippen molar-refractivity contribution in [3.8, 4) is 11.1 Å². The van der Waals surface area contributed by atoms with Crippen molar-refractivity contribution in [1.29, 1.82) is 0 Å². The average Bonchev–Trinajstić information content (AvgIpc) is 2.67. The molecule has 3 aromatic carbocycles. The molecule has 0 aliphatic heterocycles. The highest BCUT2D eigenvalue weighted by molar-refractivity contribution is 5.69. The van der Waals surface area contributed by atoms with E-state index in [1.807, 2.05) is 32.0 Å². The van der Waals surface area contributed by atoms with Crippen LogP contribution >= 0.6 is 0 Å². The molecular weight excluding hydrogens is 381 g/mol. The standard InChI is InChI=1S/C27H29F3/c1-25(2,3)21-15-14-20(24(17-21)19-10-7-6-8-11-19)18-26(4,5)22-12-9-13-23(16-22)27(28,29)30/h6-17H,18H2,1-5H3. The molecule has 0 saturated heterocycles. The molecule has 0 fully saturated rings. The van der Waals surface area contributed by atoms with E-state index in [1.165, 1.54) is 17.7 Å². The molecule has 0 aromatic heterocycles. The third kappa shape index (κ3) is 4.95. The Bertz CT molecular complexity index is 1010. The third-order valence-electron chi connectivity index (χ3n) is 5.66. The van der Waals surface area contributed by atoms with E-state index < -0.39 is 17.2 Å². The molecule has 158 valence electrons. The molecule has 0 heterocycles. The van der Waals surface area contributed by atoms with Crippen LogP contribution < -0.4 is 0 Å². The second-order valence-electron chi connectivity index (χ2n) is 9.63. The first-order valence-corrected chi connectivity index (χ1v) is 10.2. The minimum atomic E-state index is -4.34. The number of hydrogen-bond acceptors (Lipinski definition) is 0. The number of rotatable bonds is 4. The Kier molecular flexibility index (Phi) is 5.86. The number of alkyl halides is 3. The summed E-state index contributed by atoms with van der Waals surface area (Å²) in [6, 6.07) is 22.4. The van der Waals surface area contributed by atoms with E-state index in [0.717, 1.165) is 22.8 Å². The molecule has 0 spiro atoms. The maximum atomic E-state index is 13.2. The summed E-state index contributed by atoms with van der Waals surface area (Å²) in [7, 11) is 0. The Morgan fingerprint density at radius 3 is 1.87 bits per heavy atom. The van der Waals surface area contributed by atoms with Gasteiger partial charge in [0.1, 0.15) is 0 Å². The van der Waals surface area contributed by atoms with Gasteiger partial charge in [0.25, 0.3) is 0 Å². The van der Waals surface area contributed by atoms with E-state index >= 15 is 0 Å². The van der Waals surface area contributed by atoms with E-state index in [0.29, 0.717) is 12.0 Å². The van der Waals surface area contributed by atoms with Crippen molar-refractivity contribution in [3.63, 3.8) is 0 Å². The van der Waals surface area contributed by atoms with E-state index in [4.69, 9.17) is 0 Å². The first-order chi connectivity index (χ1) is 13.9. The van der Waals surface area contributed by atoms with Crippen molar-refractivity contribution in [2.75, 3.05) is 0 Å². The van der Waals surface area contributed by atoms with Crippen LogP contribution in [-0.4, -0.2) is 0 Å². The first kappa shape index (κ1) is 22.1. The lowest BCUT2D eigenvalue weighted by Gasteiger charge is -2.29. The summed E-state index contributed by atoms with van der Waals surface area (Å²) in [5.41, 5.74) is 4.29. The molecule has 3 rings (SSSR count). The summed E-state index contributed by atoms with van der Waals surface area (Å²) in [4.78, 5) is 0. The topological polar surface area (TPSA) is 0 Å². The molecule has 0 aliphatic carbocycles. The Balaban J connectivity index is 2.05. The average molecular weight is 411 g/mol. The van der Waals surface area contributed by atoms with Crippen LogP contribution in [0.15, 0.2) is 72.8 Å². The maximum absolute atomic E-state index is 13.2. The molecule has 0 N–H and O–H groups in total. The van der Waals surface area contributed by atoms with Crippen LogP contribution in [0.2, 0.25) is 0 Å². The summed E-state index contributed by atoms with van der Waals surface area (Å²) in [5, 5.41) is 0. The van der Waals surface area contributed by atoms with Crippen LogP contribution in [0.1, 0.15) is 56.9 Å². The first-order valence-electron chi connectivity index (χ1n) is 10.2. The quantitative estimate of drug-likeness (QED) is 0.407. The predicted molar refractivity (Wildman–Crippen MR) is 119 cm³/mol. The zero-order chi connectivity index (χ0) is 22.2. The third-order valence-corrected chi connectivity index (χ3v) is 5.66. The number of halogens is 3. The van der Waals surface area contributed by atoms with E-state index in [1.54, 1.807) is 6.07 Å². The van der Waals surface area contributed by atoms with Crippen molar-refractivity contribution in [2.24, 2.45) is 0 Å². The minimum absolute atomic E-state index is 0.0125. The summed E-state index contributed by atoms with van der Waals surface area (Å²) in [6.07, 6.45) is -3.70. The van der Waals surface area contributed by atoms with E-state index in [9.17, 15) is 13.2 Å². The monoisotopic (exact) mass is 410 g/mol. The van der Waals surface area contributed by atoms with Gasteiger partial charge < -0.3 is 0 Å². The molecule has 3 aromatic rings. The lowest BCUT2D eigenvalue weighted by Crippen LogP contribution is -2.22. The lowest BCUT2D eigenvalue weighted by molar-refractivity contribution is -0.137.